The standard InChI is InChI=1S/C22H28N8O8/c31-16(27-28-20-24-8-4-9-25-20)11-15-19(34)30(21(35)26-15)12-17(32)23-10-7-18(33)38-29-22(36)37-13-14-5-2-1-3-6-14/h1-3,5-6,15H,4,7-13H2,(H,23,32)(H,26,35)(H,27,31)(H,29,36)(H2,24,25,28)/t15-/m0/s1. The van der Waals surface area contributed by atoms with Crippen LogP contribution >= 0.6 is 0 Å². The van der Waals surface area contributed by atoms with Crippen LogP contribution < -0.4 is 32.3 Å². The number of hydroxylamine groups is 1. The quantitative estimate of drug-likeness (QED) is 0.155. The average molecular weight is 533 g/mol. The Bertz CT molecular complexity index is 1080. The predicted octanol–water partition coefficient (Wildman–Crippen LogP) is -1.84. The predicted molar refractivity (Wildman–Crippen MR) is 128 cm³/mol. The summed E-state index contributed by atoms with van der Waals surface area (Å²) in [5.41, 5.74) is 7.55. The first-order chi connectivity index (χ1) is 18.3. The first-order valence-electron chi connectivity index (χ1n) is 11.7. The normalized spacial score (nSPS) is 16.4. The van der Waals surface area contributed by atoms with Crippen molar-refractivity contribution in [2.24, 2.45) is 4.99 Å². The van der Waals surface area contributed by atoms with Crippen molar-refractivity contribution in [2.75, 3.05) is 26.2 Å². The van der Waals surface area contributed by atoms with E-state index in [0.29, 0.717) is 23.9 Å². The van der Waals surface area contributed by atoms with Crippen molar-refractivity contribution in [3.05, 3.63) is 35.9 Å². The number of amides is 6. The summed E-state index contributed by atoms with van der Waals surface area (Å²) >= 11 is 0. The van der Waals surface area contributed by atoms with Gasteiger partial charge in [0, 0.05) is 19.6 Å². The summed E-state index contributed by atoms with van der Waals surface area (Å²) < 4.78 is 4.88. The topological polar surface area (TPSA) is 209 Å². The molecule has 1 fully saturated rings. The SMILES string of the molecule is O=C(CN1C(=O)N[C@@H](CC(=O)NNC2=NCCCN2)C1=O)NCCC(=O)ONC(=O)OCc1ccccc1. The molecule has 2 aliphatic rings. The van der Waals surface area contributed by atoms with Crippen LogP contribution in [-0.2, 0) is 35.4 Å². The molecule has 0 aromatic heterocycles. The number of carbonyl (C=O) groups is 6. The number of ether oxygens (including phenoxy) is 1. The van der Waals surface area contributed by atoms with Gasteiger partial charge in [0.25, 0.3) is 5.91 Å². The Morgan fingerprint density at radius 3 is 2.63 bits per heavy atom. The molecule has 2 heterocycles. The second-order valence-electron chi connectivity index (χ2n) is 8.05. The van der Waals surface area contributed by atoms with Gasteiger partial charge in [-0.05, 0) is 12.0 Å². The van der Waals surface area contributed by atoms with Crippen molar-refractivity contribution in [1.29, 1.82) is 0 Å². The molecule has 1 saturated heterocycles. The van der Waals surface area contributed by atoms with E-state index in [-0.39, 0.29) is 26.0 Å². The van der Waals surface area contributed by atoms with Gasteiger partial charge in [0.1, 0.15) is 19.2 Å². The second-order valence-corrected chi connectivity index (χ2v) is 8.05. The molecule has 16 heteroatoms. The van der Waals surface area contributed by atoms with Crippen LogP contribution in [0, 0.1) is 0 Å². The molecule has 6 N–H and O–H groups in total. The van der Waals surface area contributed by atoms with E-state index in [1.807, 2.05) is 11.5 Å². The van der Waals surface area contributed by atoms with Crippen LogP contribution in [0.25, 0.3) is 0 Å². The molecule has 0 spiro atoms. The Kier molecular flexibility index (Phi) is 10.2. The Balaban J connectivity index is 1.29. The molecule has 2 aliphatic heterocycles. The molecule has 1 atom stereocenters. The highest BCUT2D eigenvalue weighted by Crippen LogP contribution is 2.09. The van der Waals surface area contributed by atoms with E-state index in [4.69, 9.17) is 4.74 Å². The number of imide groups is 1. The van der Waals surface area contributed by atoms with E-state index < -0.39 is 48.4 Å². The number of hydrazine groups is 1. The molecular weight excluding hydrogens is 504 g/mol. The van der Waals surface area contributed by atoms with Crippen molar-refractivity contribution in [1.82, 2.24) is 37.2 Å². The van der Waals surface area contributed by atoms with E-state index in [9.17, 15) is 28.8 Å². The van der Waals surface area contributed by atoms with Crippen molar-refractivity contribution in [3.63, 3.8) is 0 Å². The lowest BCUT2D eigenvalue weighted by molar-refractivity contribution is -0.149. The molecule has 16 nitrogen and oxygen atoms in total. The van der Waals surface area contributed by atoms with Crippen molar-refractivity contribution >= 4 is 41.8 Å². The van der Waals surface area contributed by atoms with Gasteiger partial charge in [-0.2, -0.15) is 0 Å². The fourth-order valence-corrected chi connectivity index (χ4v) is 3.25. The summed E-state index contributed by atoms with van der Waals surface area (Å²) in [4.78, 5) is 81.4. The minimum absolute atomic E-state index is 0.0151. The van der Waals surface area contributed by atoms with E-state index in [2.05, 4.69) is 36.6 Å². The van der Waals surface area contributed by atoms with Gasteiger partial charge < -0.3 is 25.5 Å². The van der Waals surface area contributed by atoms with Crippen molar-refractivity contribution in [3.8, 4) is 0 Å². The van der Waals surface area contributed by atoms with Crippen LogP contribution in [0.2, 0.25) is 0 Å². The maximum absolute atomic E-state index is 12.5. The summed E-state index contributed by atoms with van der Waals surface area (Å²) in [6.07, 6.45) is -0.752. The van der Waals surface area contributed by atoms with Crippen LogP contribution in [-0.4, -0.2) is 78.9 Å². The maximum atomic E-state index is 12.5. The molecule has 0 unspecified atom stereocenters. The smallest absolute Gasteiger partial charge is 0.441 e. The fraction of sp³-hybridized carbons (Fsp3) is 0.409. The summed E-state index contributed by atoms with van der Waals surface area (Å²) in [6, 6.07) is 6.91. The largest absolute Gasteiger partial charge is 0.443 e. The van der Waals surface area contributed by atoms with Gasteiger partial charge >= 0.3 is 18.1 Å². The molecule has 0 saturated carbocycles. The van der Waals surface area contributed by atoms with E-state index >= 15 is 0 Å². The zero-order chi connectivity index (χ0) is 27.3. The minimum Gasteiger partial charge on any atom is -0.443 e. The Morgan fingerprint density at radius 2 is 1.89 bits per heavy atom. The molecule has 6 amide bonds. The van der Waals surface area contributed by atoms with Crippen LogP contribution in [0.1, 0.15) is 24.8 Å². The third-order valence-electron chi connectivity index (χ3n) is 5.13. The molecule has 1 aromatic carbocycles. The van der Waals surface area contributed by atoms with Crippen LogP contribution in [0.15, 0.2) is 35.3 Å². The highest BCUT2D eigenvalue weighted by Gasteiger charge is 2.40. The number of hydrogen-bond donors (Lipinski definition) is 6. The van der Waals surface area contributed by atoms with E-state index in [1.54, 1.807) is 24.3 Å². The highest BCUT2D eigenvalue weighted by molar-refractivity contribution is 6.07. The lowest BCUT2D eigenvalue weighted by Gasteiger charge is -2.17. The average Bonchev–Trinajstić information content (AvgIpc) is 3.17. The number of rotatable bonds is 9. The highest BCUT2D eigenvalue weighted by atomic mass is 16.7. The molecular formula is C22H28N8O8. The van der Waals surface area contributed by atoms with Crippen LogP contribution in [0.4, 0.5) is 9.59 Å². The zero-order valence-corrected chi connectivity index (χ0v) is 20.3. The molecule has 0 bridgehead atoms. The monoisotopic (exact) mass is 532 g/mol. The van der Waals surface area contributed by atoms with Gasteiger partial charge in [0.15, 0.2) is 0 Å². The van der Waals surface area contributed by atoms with Crippen molar-refractivity contribution in [2.45, 2.75) is 31.9 Å². The number of aliphatic imine (C=N–C) groups is 1. The number of hydrogen-bond acceptors (Lipinski definition) is 11. The number of urea groups is 1. The van der Waals surface area contributed by atoms with Crippen molar-refractivity contribution < 1.29 is 38.3 Å². The zero-order valence-electron chi connectivity index (χ0n) is 20.3. The lowest BCUT2D eigenvalue weighted by atomic mass is 10.2. The number of guanidine groups is 1. The minimum atomic E-state index is -1.14. The Labute approximate surface area is 216 Å². The first kappa shape index (κ1) is 27.7. The van der Waals surface area contributed by atoms with Gasteiger partial charge in [-0.3, -0.25) is 35.1 Å². The summed E-state index contributed by atoms with van der Waals surface area (Å²) in [7, 11) is 0. The summed E-state index contributed by atoms with van der Waals surface area (Å²) in [5.74, 6) is -2.49. The van der Waals surface area contributed by atoms with Gasteiger partial charge in [-0.25, -0.2) is 14.4 Å². The van der Waals surface area contributed by atoms with Gasteiger partial charge in [0.05, 0.1) is 12.8 Å². The van der Waals surface area contributed by atoms with E-state index in [1.165, 1.54) is 0 Å². The number of nitrogens with one attached hydrogen (secondary N) is 6. The summed E-state index contributed by atoms with van der Waals surface area (Å²) in [6.45, 7) is 0.510. The lowest BCUT2D eigenvalue weighted by Crippen LogP contribution is -2.51. The molecule has 38 heavy (non-hydrogen) atoms. The van der Waals surface area contributed by atoms with Gasteiger partial charge in [0.2, 0.25) is 17.8 Å². The second kappa shape index (κ2) is 14.0. The fourth-order valence-electron chi connectivity index (χ4n) is 3.25. The molecule has 0 aliphatic carbocycles. The third-order valence-corrected chi connectivity index (χ3v) is 5.13. The molecule has 204 valence electrons. The molecule has 0 radical (unpaired) electrons. The van der Waals surface area contributed by atoms with E-state index in [0.717, 1.165) is 12.0 Å². The summed E-state index contributed by atoms with van der Waals surface area (Å²) in [5, 5.41) is 7.65. The Hall–Kier alpha value is -4.89. The van der Waals surface area contributed by atoms with Crippen LogP contribution in [0.5, 0.6) is 0 Å². The molecule has 1 aromatic rings. The number of carbonyl (C=O) groups excluding carboxylic acids is 6. The number of nitrogens with zero attached hydrogens (tertiary/aromatic N) is 2. The Morgan fingerprint density at radius 1 is 1.11 bits per heavy atom. The number of benzene rings is 1. The third kappa shape index (κ3) is 8.96. The maximum Gasteiger partial charge on any atom is 0.441 e. The first-order valence-corrected chi connectivity index (χ1v) is 11.7. The van der Waals surface area contributed by atoms with Gasteiger partial charge in [-0.15, -0.1) is 5.48 Å². The van der Waals surface area contributed by atoms with Crippen LogP contribution in [0.3, 0.4) is 0 Å². The molecule has 3 rings (SSSR count). The van der Waals surface area contributed by atoms with Gasteiger partial charge in [-0.1, -0.05) is 30.3 Å².